The topological polar surface area (TPSA) is 60.2 Å². The summed E-state index contributed by atoms with van der Waals surface area (Å²) in [6.45, 7) is 1.59. The summed E-state index contributed by atoms with van der Waals surface area (Å²) in [5.41, 5.74) is 7.16. The largest absolute Gasteiger partial charge is 0.398 e. The Kier molecular flexibility index (Phi) is 8.76. The van der Waals surface area contributed by atoms with Crippen LogP contribution in [0.5, 0.6) is 0 Å². The minimum atomic E-state index is -4.03. The zero-order valence-electron chi connectivity index (χ0n) is 14.7. The molecule has 0 saturated carbocycles. The molecule has 0 heterocycles. The molecule has 1 aromatic carbocycles. The van der Waals surface area contributed by atoms with Gasteiger partial charge in [0.05, 0.1) is 16.3 Å². The van der Waals surface area contributed by atoms with E-state index in [0.717, 1.165) is 44.1 Å². The van der Waals surface area contributed by atoms with Crippen molar-refractivity contribution in [2.24, 2.45) is 0 Å². The van der Waals surface area contributed by atoms with Crippen molar-refractivity contribution in [2.45, 2.75) is 75.8 Å². The highest BCUT2D eigenvalue weighted by Crippen LogP contribution is 2.24. The minimum Gasteiger partial charge on any atom is -0.398 e. The van der Waals surface area contributed by atoms with Gasteiger partial charge in [-0.15, -0.1) is 0 Å². The van der Waals surface area contributed by atoms with Crippen LogP contribution in [0.15, 0.2) is 23.1 Å². The Bertz CT molecular complexity index is 628. The highest BCUT2D eigenvalue weighted by atomic mass is 32.2. The molecule has 0 bridgehead atoms. The fraction of sp³-hybridized carbons (Fsp3) is 0.667. The number of rotatable bonds is 11. The standard InChI is InChI=1S/C18H28F3NO2S/c1-2-25(23,24)17-12-11-15(14-16(17)22)10-8-6-4-3-5-7-9-13-18(19,20)21/h11-12,14H,2-10,13,22H2,1H3. The van der Waals surface area contributed by atoms with E-state index in [4.69, 9.17) is 5.73 Å². The van der Waals surface area contributed by atoms with Crippen molar-refractivity contribution in [2.75, 3.05) is 11.5 Å². The number of nitrogens with two attached hydrogens (primary N) is 1. The molecule has 1 rings (SSSR count). The molecule has 0 aliphatic rings. The van der Waals surface area contributed by atoms with E-state index in [1.54, 1.807) is 25.1 Å². The van der Waals surface area contributed by atoms with E-state index in [1.165, 1.54) is 0 Å². The van der Waals surface area contributed by atoms with Crippen LogP contribution in [0.3, 0.4) is 0 Å². The molecule has 0 fully saturated rings. The maximum atomic E-state index is 12.0. The van der Waals surface area contributed by atoms with Gasteiger partial charge >= 0.3 is 6.18 Å². The van der Waals surface area contributed by atoms with Gasteiger partial charge in [0.2, 0.25) is 0 Å². The van der Waals surface area contributed by atoms with E-state index in [1.807, 2.05) is 0 Å². The molecular formula is C18H28F3NO2S. The van der Waals surface area contributed by atoms with Crippen LogP contribution in [-0.2, 0) is 16.3 Å². The summed E-state index contributed by atoms with van der Waals surface area (Å²) in [5.74, 6) is 0.0273. The molecule has 0 spiro atoms. The first-order valence-corrected chi connectivity index (χ1v) is 10.5. The SMILES string of the molecule is CCS(=O)(=O)c1ccc(CCCCCCCCCC(F)(F)F)cc1N. The lowest BCUT2D eigenvalue weighted by Gasteiger charge is -2.08. The summed E-state index contributed by atoms with van der Waals surface area (Å²) in [4.78, 5) is 0.192. The van der Waals surface area contributed by atoms with Crippen LogP contribution in [0, 0.1) is 0 Å². The maximum absolute atomic E-state index is 12.0. The van der Waals surface area contributed by atoms with Gasteiger partial charge in [0.1, 0.15) is 0 Å². The van der Waals surface area contributed by atoms with Crippen molar-refractivity contribution in [3.8, 4) is 0 Å². The smallest absolute Gasteiger partial charge is 0.389 e. The fourth-order valence-electron chi connectivity index (χ4n) is 2.73. The monoisotopic (exact) mass is 379 g/mol. The van der Waals surface area contributed by atoms with Gasteiger partial charge in [-0.3, -0.25) is 0 Å². The molecule has 144 valence electrons. The van der Waals surface area contributed by atoms with Crippen LogP contribution in [0.4, 0.5) is 18.9 Å². The second-order valence-electron chi connectivity index (χ2n) is 6.37. The second-order valence-corrected chi connectivity index (χ2v) is 8.61. The number of hydrogen-bond donors (Lipinski definition) is 1. The van der Waals surface area contributed by atoms with Crippen molar-refractivity contribution in [3.05, 3.63) is 23.8 Å². The van der Waals surface area contributed by atoms with Crippen LogP contribution in [0.1, 0.15) is 63.9 Å². The van der Waals surface area contributed by atoms with E-state index < -0.39 is 22.4 Å². The number of sulfone groups is 1. The average molecular weight is 379 g/mol. The number of anilines is 1. The van der Waals surface area contributed by atoms with Gasteiger partial charge < -0.3 is 5.73 Å². The molecule has 7 heteroatoms. The van der Waals surface area contributed by atoms with E-state index in [9.17, 15) is 21.6 Å². The molecule has 0 radical (unpaired) electrons. The first-order chi connectivity index (χ1) is 11.7. The summed E-state index contributed by atoms with van der Waals surface area (Å²) in [6, 6.07) is 5.10. The summed E-state index contributed by atoms with van der Waals surface area (Å²) in [5, 5.41) is 0. The van der Waals surface area contributed by atoms with E-state index in [0.29, 0.717) is 12.1 Å². The summed E-state index contributed by atoms with van der Waals surface area (Å²) in [7, 11) is -3.29. The maximum Gasteiger partial charge on any atom is 0.389 e. The molecule has 3 nitrogen and oxygen atoms in total. The number of benzene rings is 1. The molecule has 0 saturated heterocycles. The van der Waals surface area contributed by atoms with Gasteiger partial charge in [0.15, 0.2) is 9.84 Å². The summed E-state index contributed by atoms with van der Waals surface area (Å²) >= 11 is 0. The van der Waals surface area contributed by atoms with E-state index in [2.05, 4.69) is 0 Å². The fourth-order valence-corrected chi connectivity index (χ4v) is 3.74. The minimum absolute atomic E-state index is 0.0273. The molecular weight excluding hydrogens is 351 g/mol. The zero-order chi connectivity index (χ0) is 18.9. The molecule has 0 amide bonds. The molecule has 0 aromatic heterocycles. The van der Waals surface area contributed by atoms with Gasteiger partial charge in [0, 0.05) is 6.42 Å². The van der Waals surface area contributed by atoms with Gasteiger partial charge in [-0.05, 0) is 37.0 Å². The Morgan fingerprint density at radius 2 is 1.52 bits per heavy atom. The Labute approximate surface area is 148 Å². The number of unbranched alkanes of at least 4 members (excludes halogenated alkanes) is 6. The van der Waals surface area contributed by atoms with Crippen LogP contribution in [-0.4, -0.2) is 20.3 Å². The van der Waals surface area contributed by atoms with Crippen LogP contribution < -0.4 is 5.73 Å². The first kappa shape index (κ1) is 21.8. The lowest BCUT2D eigenvalue weighted by atomic mass is 10.0. The lowest BCUT2D eigenvalue weighted by Crippen LogP contribution is -2.07. The highest BCUT2D eigenvalue weighted by Gasteiger charge is 2.25. The van der Waals surface area contributed by atoms with Crippen LogP contribution >= 0.6 is 0 Å². The predicted octanol–water partition coefficient (Wildman–Crippen LogP) is 5.29. The Morgan fingerprint density at radius 1 is 0.960 bits per heavy atom. The molecule has 0 aliphatic carbocycles. The Morgan fingerprint density at radius 3 is 2.04 bits per heavy atom. The predicted molar refractivity (Wildman–Crippen MR) is 95.3 cm³/mol. The second kappa shape index (κ2) is 10.0. The molecule has 25 heavy (non-hydrogen) atoms. The molecule has 0 unspecified atom stereocenters. The van der Waals surface area contributed by atoms with Gasteiger partial charge in [-0.2, -0.15) is 13.2 Å². The van der Waals surface area contributed by atoms with Crippen molar-refractivity contribution in [3.63, 3.8) is 0 Å². The average Bonchev–Trinajstić information content (AvgIpc) is 2.52. The lowest BCUT2D eigenvalue weighted by molar-refractivity contribution is -0.135. The van der Waals surface area contributed by atoms with Gasteiger partial charge in [-0.25, -0.2) is 8.42 Å². The zero-order valence-corrected chi connectivity index (χ0v) is 15.6. The van der Waals surface area contributed by atoms with E-state index in [-0.39, 0.29) is 17.1 Å². The number of alkyl halides is 3. The number of halogens is 3. The van der Waals surface area contributed by atoms with Crippen molar-refractivity contribution >= 4 is 15.5 Å². The Balaban J connectivity index is 2.22. The number of nitrogen functional groups attached to an aromatic ring is 1. The summed E-state index contributed by atoms with van der Waals surface area (Å²) in [6.07, 6.45) is 1.72. The van der Waals surface area contributed by atoms with E-state index >= 15 is 0 Å². The molecule has 0 atom stereocenters. The third-order valence-electron chi connectivity index (χ3n) is 4.22. The van der Waals surface area contributed by atoms with Crippen molar-refractivity contribution in [1.29, 1.82) is 0 Å². The van der Waals surface area contributed by atoms with Gasteiger partial charge in [0.25, 0.3) is 0 Å². The normalized spacial score (nSPS) is 12.5. The quantitative estimate of drug-likeness (QED) is 0.420. The number of hydrogen-bond acceptors (Lipinski definition) is 3. The Hall–Kier alpha value is -1.24. The van der Waals surface area contributed by atoms with Crippen molar-refractivity contribution < 1.29 is 21.6 Å². The van der Waals surface area contributed by atoms with Gasteiger partial charge in [-0.1, -0.05) is 45.1 Å². The molecule has 1 aromatic rings. The third kappa shape index (κ3) is 8.61. The van der Waals surface area contributed by atoms with Crippen LogP contribution in [0.2, 0.25) is 0 Å². The summed E-state index contributed by atoms with van der Waals surface area (Å²) < 4.78 is 59.7. The molecule has 0 aliphatic heterocycles. The number of aryl methyl sites for hydroxylation is 1. The molecule has 2 N–H and O–H groups in total. The third-order valence-corrected chi connectivity index (χ3v) is 6.02. The highest BCUT2D eigenvalue weighted by molar-refractivity contribution is 7.91. The van der Waals surface area contributed by atoms with Crippen molar-refractivity contribution in [1.82, 2.24) is 0 Å². The first-order valence-electron chi connectivity index (χ1n) is 8.83. The van der Waals surface area contributed by atoms with Crippen LogP contribution in [0.25, 0.3) is 0 Å².